The Morgan fingerprint density at radius 1 is 1.00 bits per heavy atom. The second kappa shape index (κ2) is 5.88. The summed E-state index contributed by atoms with van der Waals surface area (Å²) in [5.41, 5.74) is 2.23. The molecule has 0 aromatic heterocycles. The summed E-state index contributed by atoms with van der Waals surface area (Å²) in [4.78, 5) is 2.53. The first-order valence-corrected chi connectivity index (χ1v) is 7.87. The minimum atomic E-state index is -0.321. The van der Waals surface area contributed by atoms with E-state index >= 15 is 0 Å². The van der Waals surface area contributed by atoms with Crippen molar-refractivity contribution in [2.45, 2.75) is 31.3 Å². The minimum Gasteiger partial charge on any atom is -0.412 e. The maximum Gasteiger partial charge on any atom is 0.380 e. The van der Waals surface area contributed by atoms with Crippen molar-refractivity contribution in [3.63, 3.8) is 0 Å². The number of fused-ring (bicyclic) bond motifs is 1. The standard InChI is InChI=1S/C18H20BNO.H2O/c1-19-20-14-8-13-17(20)18(21-19,15-9-4-2-5-10-15)16-11-6-3-7-12-16;/h2-7,9-12,17H,8,13-14H2,1H3;1H2/t17-;/m1./s1. The average molecular weight is 295 g/mol. The molecule has 2 fully saturated rings. The van der Waals surface area contributed by atoms with Crippen LogP contribution in [0.2, 0.25) is 6.82 Å². The van der Waals surface area contributed by atoms with E-state index in [0.29, 0.717) is 6.04 Å². The van der Waals surface area contributed by atoms with Gasteiger partial charge in [0, 0.05) is 6.04 Å². The second-order valence-corrected chi connectivity index (χ2v) is 6.08. The minimum absolute atomic E-state index is 0. The summed E-state index contributed by atoms with van der Waals surface area (Å²) in [6.45, 7) is 3.33. The van der Waals surface area contributed by atoms with E-state index in [-0.39, 0.29) is 18.1 Å². The quantitative estimate of drug-likeness (QED) is 0.800. The smallest absolute Gasteiger partial charge is 0.380 e. The molecule has 0 saturated carbocycles. The molecule has 22 heavy (non-hydrogen) atoms. The van der Waals surface area contributed by atoms with Crippen LogP contribution in [-0.4, -0.2) is 29.9 Å². The highest BCUT2D eigenvalue weighted by atomic mass is 16.5. The Labute approximate surface area is 132 Å². The van der Waals surface area contributed by atoms with Crippen LogP contribution in [0.5, 0.6) is 0 Å². The SMILES string of the molecule is CB1OC(c2ccccc2)(c2ccccc2)[C@H]2CCCN12.O. The van der Waals surface area contributed by atoms with Gasteiger partial charge in [0.25, 0.3) is 0 Å². The highest BCUT2D eigenvalue weighted by Crippen LogP contribution is 2.48. The van der Waals surface area contributed by atoms with Crippen LogP contribution in [0.15, 0.2) is 60.7 Å². The molecule has 4 heteroatoms. The van der Waals surface area contributed by atoms with E-state index in [1.807, 2.05) is 0 Å². The molecule has 2 aliphatic rings. The molecular weight excluding hydrogens is 273 g/mol. The predicted octanol–water partition coefficient (Wildman–Crippen LogP) is 2.72. The van der Waals surface area contributed by atoms with E-state index < -0.39 is 0 Å². The van der Waals surface area contributed by atoms with Gasteiger partial charge in [-0.1, -0.05) is 60.7 Å². The summed E-state index contributed by atoms with van der Waals surface area (Å²) in [5, 5.41) is 0. The highest BCUT2D eigenvalue weighted by Gasteiger charge is 2.56. The zero-order valence-electron chi connectivity index (χ0n) is 12.9. The molecule has 114 valence electrons. The van der Waals surface area contributed by atoms with Gasteiger partial charge in [0.2, 0.25) is 0 Å². The summed E-state index contributed by atoms with van der Waals surface area (Å²) in [7, 11) is 0.179. The topological polar surface area (TPSA) is 44.0 Å². The van der Waals surface area contributed by atoms with E-state index in [0.717, 1.165) is 6.54 Å². The lowest BCUT2D eigenvalue weighted by Crippen LogP contribution is -2.41. The molecule has 2 heterocycles. The van der Waals surface area contributed by atoms with Crippen molar-refractivity contribution in [3.8, 4) is 0 Å². The third kappa shape index (κ3) is 2.10. The van der Waals surface area contributed by atoms with Crippen molar-refractivity contribution >= 4 is 7.05 Å². The van der Waals surface area contributed by atoms with E-state index in [1.165, 1.54) is 24.0 Å². The van der Waals surface area contributed by atoms with Gasteiger partial charge in [-0.2, -0.15) is 0 Å². The van der Waals surface area contributed by atoms with E-state index in [9.17, 15) is 0 Å². The average Bonchev–Trinajstić information content (AvgIpc) is 3.13. The molecule has 0 bridgehead atoms. The Morgan fingerprint density at radius 2 is 1.55 bits per heavy atom. The van der Waals surface area contributed by atoms with Crippen molar-refractivity contribution in [1.29, 1.82) is 0 Å². The van der Waals surface area contributed by atoms with Gasteiger partial charge in [-0.15, -0.1) is 0 Å². The highest BCUT2D eigenvalue weighted by molar-refractivity contribution is 6.48. The molecule has 4 rings (SSSR count). The number of hydrogen-bond donors (Lipinski definition) is 0. The lowest BCUT2D eigenvalue weighted by molar-refractivity contribution is 0.106. The van der Waals surface area contributed by atoms with Crippen molar-refractivity contribution in [3.05, 3.63) is 71.8 Å². The fourth-order valence-corrected chi connectivity index (χ4v) is 4.14. The van der Waals surface area contributed by atoms with Gasteiger partial charge in [-0.3, -0.25) is 0 Å². The number of benzene rings is 2. The lowest BCUT2D eigenvalue weighted by Gasteiger charge is -2.36. The number of hydrogen-bond acceptors (Lipinski definition) is 2. The zero-order chi connectivity index (χ0) is 14.3. The first-order valence-electron chi connectivity index (χ1n) is 7.87. The predicted molar refractivity (Wildman–Crippen MR) is 89.7 cm³/mol. The largest absolute Gasteiger partial charge is 0.412 e. The summed E-state index contributed by atoms with van der Waals surface area (Å²) >= 11 is 0. The van der Waals surface area contributed by atoms with Gasteiger partial charge in [0.15, 0.2) is 0 Å². The van der Waals surface area contributed by atoms with Crippen LogP contribution < -0.4 is 0 Å². The monoisotopic (exact) mass is 295 g/mol. The van der Waals surface area contributed by atoms with Gasteiger partial charge in [-0.05, 0) is 37.3 Å². The van der Waals surface area contributed by atoms with Gasteiger partial charge < -0.3 is 14.9 Å². The fourth-order valence-electron chi connectivity index (χ4n) is 4.14. The van der Waals surface area contributed by atoms with Crippen LogP contribution in [0.25, 0.3) is 0 Å². The molecule has 2 aromatic rings. The zero-order valence-corrected chi connectivity index (χ0v) is 12.9. The molecule has 0 spiro atoms. The Morgan fingerprint density at radius 3 is 2.09 bits per heavy atom. The summed E-state index contributed by atoms with van der Waals surface area (Å²) in [6, 6.07) is 21.9. The molecule has 1 atom stereocenters. The van der Waals surface area contributed by atoms with E-state index in [4.69, 9.17) is 4.65 Å². The van der Waals surface area contributed by atoms with Crippen molar-refractivity contribution in [2.75, 3.05) is 6.54 Å². The molecule has 0 aliphatic carbocycles. The van der Waals surface area contributed by atoms with Crippen molar-refractivity contribution in [1.82, 2.24) is 4.81 Å². The van der Waals surface area contributed by atoms with E-state index in [1.54, 1.807) is 0 Å². The van der Waals surface area contributed by atoms with Gasteiger partial charge in [-0.25, -0.2) is 0 Å². The Balaban J connectivity index is 0.00000144. The van der Waals surface area contributed by atoms with Gasteiger partial charge in [0.1, 0.15) is 5.60 Å². The number of rotatable bonds is 2. The van der Waals surface area contributed by atoms with Crippen molar-refractivity contribution in [2.24, 2.45) is 0 Å². The molecule has 3 nitrogen and oxygen atoms in total. The number of nitrogens with zero attached hydrogens (tertiary/aromatic N) is 1. The van der Waals surface area contributed by atoms with Crippen LogP contribution >= 0.6 is 0 Å². The lowest BCUT2D eigenvalue weighted by atomic mass is 9.79. The molecule has 0 amide bonds. The maximum absolute atomic E-state index is 6.61. The maximum atomic E-state index is 6.61. The van der Waals surface area contributed by atoms with Crippen LogP contribution in [0.3, 0.4) is 0 Å². The Hall–Kier alpha value is -1.62. The van der Waals surface area contributed by atoms with Crippen LogP contribution in [0, 0.1) is 0 Å². The summed E-state index contributed by atoms with van der Waals surface area (Å²) < 4.78 is 6.61. The molecule has 2 aliphatic heterocycles. The Kier molecular flexibility index (Phi) is 4.08. The first kappa shape index (κ1) is 15.3. The summed E-state index contributed by atoms with van der Waals surface area (Å²) in [6.07, 6.45) is 2.47. The second-order valence-electron chi connectivity index (χ2n) is 6.08. The van der Waals surface area contributed by atoms with E-state index in [2.05, 4.69) is 72.3 Å². The third-order valence-corrected chi connectivity index (χ3v) is 4.99. The molecule has 0 radical (unpaired) electrons. The molecule has 2 N–H and O–H groups in total. The fraction of sp³-hybridized carbons (Fsp3) is 0.333. The van der Waals surface area contributed by atoms with Gasteiger partial charge in [0.05, 0.1) is 0 Å². The van der Waals surface area contributed by atoms with Gasteiger partial charge >= 0.3 is 7.05 Å². The van der Waals surface area contributed by atoms with Crippen LogP contribution in [0.4, 0.5) is 0 Å². The normalized spacial score (nSPS) is 23.1. The third-order valence-electron chi connectivity index (χ3n) is 4.99. The molecular formula is C18H22BNO2. The Bertz CT molecular complexity index is 580. The van der Waals surface area contributed by atoms with Crippen LogP contribution in [-0.2, 0) is 10.3 Å². The summed E-state index contributed by atoms with van der Waals surface area (Å²) in [5.74, 6) is 0. The molecule has 0 unspecified atom stereocenters. The first-order chi connectivity index (χ1) is 10.3. The van der Waals surface area contributed by atoms with Crippen molar-refractivity contribution < 1.29 is 10.1 Å². The molecule has 2 saturated heterocycles. The van der Waals surface area contributed by atoms with Crippen LogP contribution in [0.1, 0.15) is 24.0 Å². The molecule has 2 aromatic carbocycles.